The number of benzene rings is 1. The maximum absolute atomic E-state index is 6.90. The fourth-order valence-electron chi connectivity index (χ4n) is 4.90. The Hall–Kier alpha value is -1.43. The van der Waals surface area contributed by atoms with E-state index in [9.17, 15) is 0 Å². The molecular formula is C28H33BrCl2N2O. The number of rotatable bonds is 4. The molecule has 1 aromatic carbocycles. The van der Waals surface area contributed by atoms with Crippen molar-refractivity contribution < 1.29 is 4.74 Å². The number of ether oxygens (including phenoxy) is 1. The molecule has 6 heteroatoms. The summed E-state index contributed by atoms with van der Waals surface area (Å²) in [7, 11) is 0. The highest BCUT2D eigenvalue weighted by molar-refractivity contribution is 9.10. The molecule has 4 rings (SSSR count). The van der Waals surface area contributed by atoms with Crippen molar-refractivity contribution in [2.45, 2.75) is 58.3 Å². The van der Waals surface area contributed by atoms with Gasteiger partial charge in [0.25, 0.3) is 0 Å². The largest absolute Gasteiger partial charge is 0.358 e. The molecule has 3 heterocycles. The third-order valence-corrected chi connectivity index (χ3v) is 7.17. The molecule has 3 nitrogen and oxygen atoms in total. The van der Waals surface area contributed by atoms with E-state index >= 15 is 0 Å². The van der Waals surface area contributed by atoms with E-state index in [1.165, 1.54) is 5.57 Å². The lowest BCUT2D eigenvalue weighted by Crippen LogP contribution is -2.32. The summed E-state index contributed by atoms with van der Waals surface area (Å²) in [4.78, 5) is 7.03. The predicted octanol–water partition coefficient (Wildman–Crippen LogP) is 8.73. The van der Waals surface area contributed by atoms with Crippen LogP contribution in [0.3, 0.4) is 0 Å². The molecule has 2 aliphatic rings. The Kier molecular flexibility index (Phi) is 9.99. The maximum atomic E-state index is 6.90. The summed E-state index contributed by atoms with van der Waals surface area (Å²) >= 11 is 16.1. The third-order valence-electron chi connectivity index (χ3n) is 6.26. The molecule has 0 aliphatic carbocycles. The number of halogens is 3. The molecule has 0 N–H and O–H groups in total. The van der Waals surface area contributed by atoms with E-state index in [1.54, 1.807) is 6.07 Å². The van der Waals surface area contributed by atoms with Gasteiger partial charge in [0.2, 0.25) is 0 Å². The minimum Gasteiger partial charge on any atom is -0.358 e. The van der Waals surface area contributed by atoms with Gasteiger partial charge in [-0.25, -0.2) is 0 Å². The van der Waals surface area contributed by atoms with Crippen LogP contribution in [0.4, 0.5) is 0 Å². The van der Waals surface area contributed by atoms with Crippen LogP contribution in [0, 0.1) is 0 Å². The Morgan fingerprint density at radius 1 is 1.18 bits per heavy atom. The molecule has 0 amide bonds. The van der Waals surface area contributed by atoms with Crippen molar-refractivity contribution in [2.24, 2.45) is 0 Å². The molecule has 1 spiro atoms. The fourth-order valence-corrected chi connectivity index (χ4v) is 5.68. The van der Waals surface area contributed by atoms with Crippen LogP contribution >= 0.6 is 39.1 Å². The molecule has 2 atom stereocenters. The van der Waals surface area contributed by atoms with Gasteiger partial charge in [-0.2, -0.15) is 0 Å². The molecule has 1 aromatic heterocycles. The monoisotopic (exact) mass is 562 g/mol. The highest BCUT2D eigenvalue weighted by atomic mass is 79.9. The molecule has 182 valence electrons. The predicted molar refractivity (Wildman–Crippen MR) is 147 cm³/mol. The van der Waals surface area contributed by atoms with Gasteiger partial charge in [0, 0.05) is 33.8 Å². The summed E-state index contributed by atoms with van der Waals surface area (Å²) < 4.78 is 7.90. The average Bonchev–Trinajstić information content (AvgIpc) is 2.98. The zero-order valence-corrected chi connectivity index (χ0v) is 23.3. The number of pyridine rings is 1. The van der Waals surface area contributed by atoms with Gasteiger partial charge in [-0.15, -0.1) is 0 Å². The Balaban J connectivity index is 0.00000158. The van der Waals surface area contributed by atoms with Crippen LogP contribution in [0.1, 0.15) is 57.4 Å². The van der Waals surface area contributed by atoms with E-state index < -0.39 is 0 Å². The van der Waals surface area contributed by atoms with E-state index in [1.807, 2.05) is 44.3 Å². The van der Waals surface area contributed by atoms with E-state index in [4.69, 9.17) is 27.9 Å². The first-order valence-corrected chi connectivity index (χ1v) is 13.5. The number of hydrogen-bond acceptors (Lipinski definition) is 3. The zero-order chi connectivity index (χ0) is 24.7. The summed E-state index contributed by atoms with van der Waals surface area (Å²) in [6.07, 6.45) is 10.7. The summed E-state index contributed by atoms with van der Waals surface area (Å²) in [6.45, 7) is 12.9. The van der Waals surface area contributed by atoms with Crippen molar-refractivity contribution in [3.05, 3.63) is 98.3 Å². The lowest BCUT2D eigenvalue weighted by atomic mass is 9.83. The van der Waals surface area contributed by atoms with Gasteiger partial charge in [-0.3, -0.25) is 9.88 Å². The highest BCUT2D eigenvalue weighted by Gasteiger charge is 2.48. The van der Waals surface area contributed by atoms with Gasteiger partial charge in [0.05, 0.1) is 11.3 Å². The average molecular weight is 564 g/mol. The molecule has 34 heavy (non-hydrogen) atoms. The topological polar surface area (TPSA) is 25.4 Å². The van der Waals surface area contributed by atoms with Gasteiger partial charge in [0.15, 0.2) is 0 Å². The standard InChI is InChI=1S/C26H27BrCl2N2O.C2H6/c1-3-6-23-24(4-2)26(32-25(23)18-13-20(28)15-21(29)14-18)9-5-11-31(12-10-26)17-22-8-7-19(27)16-30-22;1-2/h3-4,6-8,13-16,25H,1,5,9-12,17H2,2H3;1-2H3/b23-6+,24-4+;. The molecule has 2 fully saturated rings. The highest BCUT2D eigenvalue weighted by Crippen LogP contribution is 2.52. The van der Waals surface area contributed by atoms with Gasteiger partial charge < -0.3 is 4.74 Å². The van der Waals surface area contributed by atoms with Gasteiger partial charge >= 0.3 is 0 Å². The molecule has 0 radical (unpaired) electrons. The number of hydrogen-bond donors (Lipinski definition) is 0. The molecule has 2 unspecified atom stereocenters. The Morgan fingerprint density at radius 3 is 2.53 bits per heavy atom. The lowest BCUT2D eigenvalue weighted by Gasteiger charge is -2.29. The fraction of sp³-hybridized carbons (Fsp3) is 0.393. The van der Waals surface area contributed by atoms with E-state index in [-0.39, 0.29) is 11.7 Å². The Morgan fingerprint density at radius 2 is 1.91 bits per heavy atom. The van der Waals surface area contributed by atoms with Crippen molar-refractivity contribution in [1.82, 2.24) is 9.88 Å². The quantitative estimate of drug-likeness (QED) is 0.372. The van der Waals surface area contributed by atoms with Crippen LogP contribution in [0.15, 0.2) is 77.0 Å². The molecule has 2 aromatic rings. The first-order valence-electron chi connectivity index (χ1n) is 11.9. The number of nitrogens with zero attached hydrogens (tertiary/aromatic N) is 2. The molecular weight excluding hydrogens is 531 g/mol. The minimum absolute atomic E-state index is 0.213. The van der Waals surface area contributed by atoms with Gasteiger partial charge in [-0.1, -0.05) is 61.9 Å². The molecule has 0 bridgehead atoms. The summed E-state index contributed by atoms with van der Waals surface area (Å²) in [5.74, 6) is 0. The molecule has 2 saturated heterocycles. The second-order valence-corrected chi connectivity index (χ2v) is 10.1. The Labute approximate surface area is 222 Å². The van der Waals surface area contributed by atoms with Crippen LogP contribution in [0.2, 0.25) is 10.0 Å². The smallest absolute Gasteiger partial charge is 0.109 e. The summed E-state index contributed by atoms with van der Waals surface area (Å²) in [5, 5.41) is 1.23. The molecule has 0 saturated carbocycles. The van der Waals surface area contributed by atoms with Crippen LogP contribution in [-0.4, -0.2) is 28.6 Å². The van der Waals surface area contributed by atoms with E-state index in [2.05, 4.69) is 57.5 Å². The van der Waals surface area contributed by atoms with Crippen molar-refractivity contribution in [1.29, 1.82) is 0 Å². The lowest BCUT2D eigenvalue weighted by molar-refractivity contribution is -0.0320. The van der Waals surface area contributed by atoms with Crippen LogP contribution in [0.5, 0.6) is 0 Å². The van der Waals surface area contributed by atoms with Crippen molar-refractivity contribution >= 4 is 39.1 Å². The first kappa shape index (κ1) is 27.2. The van der Waals surface area contributed by atoms with Gasteiger partial charge in [-0.05, 0) is 95.7 Å². The van der Waals surface area contributed by atoms with Crippen molar-refractivity contribution in [3.8, 4) is 0 Å². The van der Waals surface area contributed by atoms with Crippen molar-refractivity contribution in [2.75, 3.05) is 13.1 Å². The minimum atomic E-state index is -0.328. The number of aromatic nitrogens is 1. The van der Waals surface area contributed by atoms with Crippen molar-refractivity contribution in [3.63, 3.8) is 0 Å². The third kappa shape index (κ3) is 6.22. The number of allylic oxidation sites excluding steroid dienone is 3. The summed E-state index contributed by atoms with van der Waals surface area (Å²) in [5.41, 5.74) is 4.13. The second kappa shape index (κ2) is 12.5. The van der Waals surface area contributed by atoms with Crippen LogP contribution < -0.4 is 0 Å². The summed E-state index contributed by atoms with van der Waals surface area (Å²) in [6, 6.07) is 9.78. The maximum Gasteiger partial charge on any atom is 0.109 e. The van der Waals surface area contributed by atoms with E-state index in [0.29, 0.717) is 10.0 Å². The second-order valence-electron chi connectivity index (χ2n) is 8.35. The van der Waals surface area contributed by atoms with Crippen LogP contribution in [0.25, 0.3) is 0 Å². The van der Waals surface area contributed by atoms with Crippen LogP contribution in [-0.2, 0) is 11.3 Å². The Bertz CT molecular complexity index is 1030. The first-order chi connectivity index (χ1) is 16.4. The SMILES string of the molecule is C=C/C=C1\C(=C/C)C2(CCCN(Cc3ccc(Br)cn3)CC2)OC1c1cc(Cl)cc(Cl)c1.CC. The molecule has 2 aliphatic heterocycles. The normalized spacial score (nSPS) is 25.3. The number of likely N-dealkylation sites (tertiary alicyclic amines) is 1. The van der Waals surface area contributed by atoms with E-state index in [0.717, 1.165) is 60.2 Å². The zero-order valence-electron chi connectivity index (χ0n) is 20.2. The van der Waals surface area contributed by atoms with Gasteiger partial charge in [0.1, 0.15) is 6.10 Å².